The van der Waals surface area contributed by atoms with Crippen LogP contribution >= 0.6 is 11.6 Å². The first-order valence-electron chi connectivity index (χ1n) is 5.89. The number of nitrogens with one attached hydrogen (secondary N) is 1. The van der Waals surface area contributed by atoms with Crippen molar-refractivity contribution in [1.82, 2.24) is 5.32 Å². The Labute approximate surface area is 97.5 Å². The number of halogens is 1. The van der Waals surface area contributed by atoms with Crippen molar-refractivity contribution in [2.24, 2.45) is 0 Å². The van der Waals surface area contributed by atoms with E-state index in [0.717, 1.165) is 39.1 Å². The molecule has 15 heavy (non-hydrogen) atoms. The molecule has 1 N–H and O–H groups in total. The van der Waals surface area contributed by atoms with Crippen LogP contribution in [-0.4, -0.2) is 44.9 Å². The van der Waals surface area contributed by atoms with E-state index in [-0.39, 0.29) is 0 Å². The summed E-state index contributed by atoms with van der Waals surface area (Å²) in [4.78, 5) is 0. The molecule has 0 aliphatic carbocycles. The lowest BCUT2D eigenvalue weighted by molar-refractivity contribution is 0.104. The lowest BCUT2D eigenvalue weighted by atomic mass is 10.2. The summed E-state index contributed by atoms with van der Waals surface area (Å²) < 4.78 is 10.8. The lowest BCUT2D eigenvalue weighted by Crippen LogP contribution is -2.22. The maximum Gasteiger partial charge on any atom is 0.0601 e. The van der Waals surface area contributed by atoms with E-state index in [1.165, 1.54) is 12.8 Å². The highest BCUT2D eigenvalue weighted by molar-refractivity contribution is 6.17. The minimum Gasteiger partial charge on any atom is -0.380 e. The fourth-order valence-electron chi connectivity index (χ4n) is 1.72. The molecule has 3 nitrogen and oxygen atoms in total. The molecule has 0 aromatic rings. The third-order valence-corrected chi connectivity index (χ3v) is 2.69. The highest BCUT2D eigenvalue weighted by atomic mass is 35.5. The first kappa shape index (κ1) is 13.2. The Bertz CT molecular complexity index is 141. The SMILES string of the molecule is ClCCOCCCNCCC1CCCO1. The van der Waals surface area contributed by atoms with E-state index < -0.39 is 0 Å². The highest BCUT2D eigenvalue weighted by Crippen LogP contribution is 2.14. The summed E-state index contributed by atoms with van der Waals surface area (Å²) in [6.45, 7) is 4.50. The van der Waals surface area contributed by atoms with Crippen LogP contribution in [0.25, 0.3) is 0 Å². The molecule has 1 fully saturated rings. The van der Waals surface area contributed by atoms with Crippen LogP contribution in [0, 0.1) is 0 Å². The molecule has 1 rings (SSSR count). The van der Waals surface area contributed by atoms with Gasteiger partial charge in [-0.05, 0) is 38.8 Å². The van der Waals surface area contributed by atoms with Gasteiger partial charge in [-0.2, -0.15) is 0 Å². The van der Waals surface area contributed by atoms with Crippen molar-refractivity contribution in [2.75, 3.05) is 38.8 Å². The van der Waals surface area contributed by atoms with Gasteiger partial charge in [0.25, 0.3) is 0 Å². The maximum atomic E-state index is 5.53. The molecule has 1 atom stereocenters. The largest absolute Gasteiger partial charge is 0.380 e. The number of hydrogen-bond donors (Lipinski definition) is 1. The van der Waals surface area contributed by atoms with Gasteiger partial charge in [-0.1, -0.05) is 0 Å². The molecule has 1 saturated heterocycles. The summed E-state index contributed by atoms with van der Waals surface area (Å²) in [5.74, 6) is 0.590. The second-order valence-electron chi connectivity index (χ2n) is 3.83. The van der Waals surface area contributed by atoms with Gasteiger partial charge in [-0.3, -0.25) is 0 Å². The third kappa shape index (κ3) is 7.12. The van der Waals surface area contributed by atoms with Crippen LogP contribution < -0.4 is 5.32 Å². The van der Waals surface area contributed by atoms with Crippen LogP contribution in [0.2, 0.25) is 0 Å². The van der Waals surface area contributed by atoms with Crippen LogP contribution in [0.15, 0.2) is 0 Å². The van der Waals surface area contributed by atoms with Crippen molar-refractivity contribution in [3.63, 3.8) is 0 Å². The summed E-state index contributed by atoms with van der Waals surface area (Å²) >= 11 is 5.48. The van der Waals surface area contributed by atoms with E-state index in [9.17, 15) is 0 Å². The highest BCUT2D eigenvalue weighted by Gasteiger charge is 2.13. The van der Waals surface area contributed by atoms with Crippen molar-refractivity contribution in [1.29, 1.82) is 0 Å². The van der Waals surface area contributed by atoms with Gasteiger partial charge >= 0.3 is 0 Å². The number of ether oxygens (including phenoxy) is 2. The Hall–Kier alpha value is 0.170. The second-order valence-corrected chi connectivity index (χ2v) is 4.21. The van der Waals surface area contributed by atoms with Gasteiger partial charge in [-0.15, -0.1) is 11.6 Å². The van der Waals surface area contributed by atoms with E-state index in [0.29, 0.717) is 18.6 Å². The van der Waals surface area contributed by atoms with E-state index >= 15 is 0 Å². The molecule has 90 valence electrons. The first-order chi connectivity index (χ1) is 7.43. The van der Waals surface area contributed by atoms with E-state index in [1.54, 1.807) is 0 Å². The molecule has 0 radical (unpaired) electrons. The second kappa shape index (κ2) is 9.40. The van der Waals surface area contributed by atoms with Crippen molar-refractivity contribution >= 4 is 11.6 Å². The summed E-state index contributed by atoms with van der Waals surface area (Å²) in [5.41, 5.74) is 0. The van der Waals surface area contributed by atoms with Crippen LogP contribution in [0.4, 0.5) is 0 Å². The van der Waals surface area contributed by atoms with Crippen molar-refractivity contribution in [3.05, 3.63) is 0 Å². The average molecular weight is 236 g/mol. The fraction of sp³-hybridized carbons (Fsp3) is 1.00. The Balaban J connectivity index is 1.73. The average Bonchev–Trinajstić information content (AvgIpc) is 2.75. The van der Waals surface area contributed by atoms with Crippen LogP contribution in [0.5, 0.6) is 0 Å². The molecule has 1 unspecified atom stereocenters. The van der Waals surface area contributed by atoms with Crippen molar-refractivity contribution in [3.8, 4) is 0 Å². The summed E-state index contributed by atoms with van der Waals surface area (Å²) in [6.07, 6.45) is 5.17. The van der Waals surface area contributed by atoms with Gasteiger partial charge in [0.05, 0.1) is 12.7 Å². The predicted octanol–water partition coefficient (Wildman–Crippen LogP) is 1.79. The molecular formula is C11H22ClNO2. The zero-order chi connectivity index (χ0) is 10.8. The molecule has 0 aromatic carbocycles. The number of rotatable bonds is 9. The number of alkyl halides is 1. The zero-order valence-electron chi connectivity index (χ0n) is 9.34. The van der Waals surface area contributed by atoms with Gasteiger partial charge in [0.15, 0.2) is 0 Å². The molecule has 1 aliphatic heterocycles. The zero-order valence-corrected chi connectivity index (χ0v) is 10.1. The molecule has 0 aromatic heterocycles. The van der Waals surface area contributed by atoms with Crippen LogP contribution in [-0.2, 0) is 9.47 Å². The van der Waals surface area contributed by atoms with E-state index in [2.05, 4.69) is 5.32 Å². The Kier molecular flexibility index (Phi) is 8.29. The Morgan fingerprint density at radius 2 is 2.27 bits per heavy atom. The maximum absolute atomic E-state index is 5.53. The fourth-order valence-corrected chi connectivity index (χ4v) is 1.83. The van der Waals surface area contributed by atoms with Gasteiger partial charge < -0.3 is 14.8 Å². The molecule has 4 heteroatoms. The van der Waals surface area contributed by atoms with Gasteiger partial charge in [0.2, 0.25) is 0 Å². The third-order valence-electron chi connectivity index (χ3n) is 2.53. The van der Waals surface area contributed by atoms with E-state index in [1.807, 2.05) is 0 Å². The normalized spacial score (nSPS) is 21.0. The van der Waals surface area contributed by atoms with Crippen molar-refractivity contribution in [2.45, 2.75) is 31.8 Å². The minimum atomic E-state index is 0.505. The van der Waals surface area contributed by atoms with Crippen LogP contribution in [0.1, 0.15) is 25.7 Å². The molecule has 0 amide bonds. The minimum absolute atomic E-state index is 0.505. The quantitative estimate of drug-likeness (QED) is 0.488. The van der Waals surface area contributed by atoms with Gasteiger partial charge in [-0.25, -0.2) is 0 Å². The lowest BCUT2D eigenvalue weighted by Gasteiger charge is -2.09. The molecule has 0 bridgehead atoms. The molecule has 1 heterocycles. The van der Waals surface area contributed by atoms with Gasteiger partial charge in [0, 0.05) is 19.1 Å². The Morgan fingerprint density at radius 3 is 3.00 bits per heavy atom. The molecule has 0 spiro atoms. The molecular weight excluding hydrogens is 214 g/mol. The summed E-state index contributed by atoms with van der Waals surface area (Å²) in [7, 11) is 0. The summed E-state index contributed by atoms with van der Waals surface area (Å²) in [6, 6.07) is 0. The van der Waals surface area contributed by atoms with Crippen LogP contribution in [0.3, 0.4) is 0 Å². The standard InChI is InChI=1S/C11H22ClNO2/c12-5-10-14-8-2-6-13-7-4-11-3-1-9-15-11/h11,13H,1-10H2. The van der Waals surface area contributed by atoms with Gasteiger partial charge in [0.1, 0.15) is 0 Å². The van der Waals surface area contributed by atoms with Crippen molar-refractivity contribution < 1.29 is 9.47 Å². The Morgan fingerprint density at radius 1 is 1.33 bits per heavy atom. The monoisotopic (exact) mass is 235 g/mol. The first-order valence-corrected chi connectivity index (χ1v) is 6.43. The predicted molar refractivity (Wildman–Crippen MR) is 62.6 cm³/mol. The molecule has 0 saturated carbocycles. The summed E-state index contributed by atoms with van der Waals surface area (Å²) in [5, 5.41) is 3.40. The number of hydrogen-bond acceptors (Lipinski definition) is 3. The topological polar surface area (TPSA) is 30.5 Å². The van der Waals surface area contributed by atoms with E-state index in [4.69, 9.17) is 21.1 Å². The molecule has 1 aliphatic rings. The smallest absolute Gasteiger partial charge is 0.0601 e.